The van der Waals surface area contributed by atoms with Crippen LogP contribution in [0.3, 0.4) is 0 Å². The Labute approximate surface area is 167 Å². The average Bonchev–Trinajstić information content (AvgIpc) is 2.65. The van der Waals surface area contributed by atoms with Crippen LogP contribution in [0.1, 0.15) is 22.3 Å². The Morgan fingerprint density at radius 1 is 1.11 bits per heavy atom. The molecule has 2 aromatic carbocycles. The molecule has 0 aliphatic carbocycles. The van der Waals surface area contributed by atoms with Crippen LogP contribution in [0.15, 0.2) is 46.9 Å². The monoisotopic (exact) mass is 434 g/mol. The third-order valence-electron chi connectivity index (χ3n) is 3.69. The van der Waals surface area contributed by atoms with E-state index in [9.17, 15) is 9.59 Å². The molecule has 0 radical (unpaired) electrons. The average molecular weight is 435 g/mol. The molecule has 0 aliphatic heterocycles. The number of halogens is 1. The molecule has 7 heteroatoms. The molecule has 0 saturated heterocycles. The minimum atomic E-state index is -0.278. The van der Waals surface area contributed by atoms with Gasteiger partial charge in [-0.2, -0.15) is 0 Å². The van der Waals surface area contributed by atoms with Gasteiger partial charge in [0.05, 0.1) is 4.47 Å². The number of carbonyl (C=O) groups excluding carboxylic acids is 2. The van der Waals surface area contributed by atoms with E-state index in [0.29, 0.717) is 30.2 Å². The van der Waals surface area contributed by atoms with Crippen LogP contribution in [0.25, 0.3) is 0 Å². The lowest BCUT2D eigenvalue weighted by atomic mass is 10.2. The molecule has 0 atom stereocenters. The first-order valence-electron chi connectivity index (χ1n) is 8.55. The summed E-state index contributed by atoms with van der Waals surface area (Å²) >= 11 is 3.41. The van der Waals surface area contributed by atoms with Crippen LogP contribution in [0.2, 0.25) is 0 Å². The van der Waals surface area contributed by atoms with E-state index >= 15 is 0 Å². The van der Waals surface area contributed by atoms with Crippen LogP contribution in [0, 0.1) is 6.92 Å². The highest BCUT2D eigenvalue weighted by atomic mass is 79.9. The highest BCUT2D eigenvalue weighted by Crippen LogP contribution is 2.25. The second-order valence-electron chi connectivity index (χ2n) is 5.95. The molecule has 0 unspecified atom stereocenters. The van der Waals surface area contributed by atoms with Crippen LogP contribution in [0.5, 0.6) is 5.75 Å². The third kappa shape index (κ3) is 7.03. The van der Waals surface area contributed by atoms with Crippen molar-refractivity contribution < 1.29 is 19.1 Å². The standard InChI is InChI=1S/C20H23BrN2O4/c1-14-4-9-18(17(21)12-14)27-13-19(24)23-16-7-5-15(6-8-16)20(25)22-10-3-11-26-2/h4-9,12H,3,10-11,13H2,1-2H3,(H,22,25)(H,23,24). The van der Waals surface area contributed by atoms with E-state index in [1.165, 1.54) is 0 Å². The fourth-order valence-corrected chi connectivity index (χ4v) is 2.90. The summed E-state index contributed by atoms with van der Waals surface area (Å²) < 4.78 is 11.3. The smallest absolute Gasteiger partial charge is 0.262 e. The Hall–Kier alpha value is -2.38. The second-order valence-corrected chi connectivity index (χ2v) is 6.80. The van der Waals surface area contributed by atoms with E-state index in [1.54, 1.807) is 31.4 Å². The van der Waals surface area contributed by atoms with E-state index in [1.807, 2.05) is 25.1 Å². The molecule has 0 saturated carbocycles. The van der Waals surface area contributed by atoms with Gasteiger partial charge < -0.3 is 20.1 Å². The molecule has 0 spiro atoms. The summed E-state index contributed by atoms with van der Waals surface area (Å²) in [5.74, 6) is 0.173. The van der Waals surface area contributed by atoms with Gasteiger partial charge in [0.2, 0.25) is 0 Å². The highest BCUT2D eigenvalue weighted by molar-refractivity contribution is 9.10. The van der Waals surface area contributed by atoms with Gasteiger partial charge in [0.15, 0.2) is 6.61 Å². The lowest BCUT2D eigenvalue weighted by molar-refractivity contribution is -0.118. The lowest BCUT2D eigenvalue weighted by Crippen LogP contribution is -2.25. The van der Waals surface area contributed by atoms with Gasteiger partial charge in [-0.1, -0.05) is 6.07 Å². The molecule has 2 N–H and O–H groups in total. The Morgan fingerprint density at radius 2 is 1.85 bits per heavy atom. The second kappa shape index (κ2) is 10.7. The Balaban J connectivity index is 1.81. The van der Waals surface area contributed by atoms with Crippen LogP contribution in [-0.2, 0) is 9.53 Å². The number of hydrogen-bond acceptors (Lipinski definition) is 4. The molecule has 0 fully saturated rings. The SMILES string of the molecule is COCCCNC(=O)c1ccc(NC(=O)COc2ccc(C)cc2Br)cc1. The van der Waals surface area contributed by atoms with Crippen molar-refractivity contribution in [2.45, 2.75) is 13.3 Å². The van der Waals surface area contributed by atoms with Gasteiger partial charge in [0, 0.05) is 31.5 Å². The summed E-state index contributed by atoms with van der Waals surface area (Å²) in [4.78, 5) is 24.0. The van der Waals surface area contributed by atoms with Crippen molar-refractivity contribution in [3.8, 4) is 5.75 Å². The fourth-order valence-electron chi connectivity index (χ4n) is 2.29. The fraction of sp³-hybridized carbons (Fsp3) is 0.300. The number of aryl methyl sites for hydroxylation is 1. The van der Waals surface area contributed by atoms with Gasteiger partial charge in [-0.25, -0.2) is 0 Å². The molecule has 2 amide bonds. The van der Waals surface area contributed by atoms with Gasteiger partial charge in [-0.3, -0.25) is 9.59 Å². The summed E-state index contributed by atoms with van der Waals surface area (Å²) in [6.07, 6.45) is 0.757. The number of methoxy groups -OCH3 is 1. The number of ether oxygens (including phenoxy) is 2. The molecule has 0 heterocycles. The van der Waals surface area contributed by atoms with E-state index in [0.717, 1.165) is 16.5 Å². The third-order valence-corrected chi connectivity index (χ3v) is 4.31. The van der Waals surface area contributed by atoms with Crippen molar-refractivity contribution in [1.82, 2.24) is 5.32 Å². The summed E-state index contributed by atoms with van der Waals surface area (Å²) in [6, 6.07) is 12.3. The Bertz CT molecular complexity index is 778. The van der Waals surface area contributed by atoms with Crippen LogP contribution in [-0.4, -0.2) is 38.7 Å². The van der Waals surface area contributed by atoms with Crippen molar-refractivity contribution in [2.24, 2.45) is 0 Å². The topological polar surface area (TPSA) is 76.7 Å². The van der Waals surface area contributed by atoms with Crippen molar-refractivity contribution >= 4 is 33.4 Å². The maximum Gasteiger partial charge on any atom is 0.262 e. The summed E-state index contributed by atoms with van der Waals surface area (Å²) in [5.41, 5.74) is 2.23. The maximum absolute atomic E-state index is 12.0. The van der Waals surface area contributed by atoms with E-state index in [-0.39, 0.29) is 18.4 Å². The predicted octanol–water partition coefficient (Wildman–Crippen LogP) is 3.54. The van der Waals surface area contributed by atoms with Crippen molar-refractivity contribution in [1.29, 1.82) is 0 Å². The van der Waals surface area contributed by atoms with E-state index < -0.39 is 0 Å². The lowest BCUT2D eigenvalue weighted by Gasteiger charge is -2.10. The zero-order valence-electron chi connectivity index (χ0n) is 15.4. The Kier molecular flexibility index (Phi) is 8.29. The van der Waals surface area contributed by atoms with Gasteiger partial charge in [0.25, 0.3) is 11.8 Å². The zero-order valence-corrected chi connectivity index (χ0v) is 17.0. The number of rotatable bonds is 9. The molecule has 2 rings (SSSR count). The number of hydrogen-bond donors (Lipinski definition) is 2. The molecule has 144 valence electrons. The van der Waals surface area contributed by atoms with E-state index in [4.69, 9.17) is 9.47 Å². The molecule has 0 aromatic heterocycles. The summed E-state index contributed by atoms with van der Waals surface area (Å²) in [6.45, 7) is 3.03. The molecule has 2 aromatic rings. The summed E-state index contributed by atoms with van der Waals surface area (Å²) in [5, 5.41) is 5.55. The maximum atomic E-state index is 12.0. The normalized spacial score (nSPS) is 10.3. The minimum absolute atomic E-state index is 0.108. The first-order chi connectivity index (χ1) is 13.0. The number of nitrogens with one attached hydrogen (secondary N) is 2. The van der Waals surface area contributed by atoms with Gasteiger partial charge in [-0.05, 0) is 71.2 Å². The first kappa shape index (κ1) is 20.9. The largest absolute Gasteiger partial charge is 0.483 e. The highest BCUT2D eigenvalue weighted by Gasteiger charge is 2.08. The predicted molar refractivity (Wildman–Crippen MR) is 108 cm³/mol. The quantitative estimate of drug-likeness (QED) is 0.591. The summed E-state index contributed by atoms with van der Waals surface area (Å²) in [7, 11) is 1.62. The van der Waals surface area contributed by atoms with Crippen molar-refractivity contribution in [3.05, 3.63) is 58.1 Å². The van der Waals surface area contributed by atoms with Crippen LogP contribution < -0.4 is 15.4 Å². The number of amides is 2. The van der Waals surface area contributed by atoms with Crippen LogP contribution >= 0.6 is 15.9 Å². The molecule has 0 aliphatic rings. The van der Waals surface area contributed by atoms with Gasteiger partial charge >= 0.3 is 0 Å². The van der Waals surface area contributed by atoms with Crippen molar-refractivity contribution in [3.63, 3.8) is 0 Å². The number of carbonyl (C=O) groups is 2. The molecular weight excluding hydrogens is 412 g/mol. The molecule has 27 heavy (non-hydrogen) atoms. The number of anilines is 1. The van der Waals surface area contributed by atoms with E-state index in [2.05, 4.69) is 26.6 Å². The van der Waals surface area contributed by atoms with Crippen LogP contribution in [0.4, 0.5) is 5.69 Å². The zero-order chi connectivity index (χ0) is 19.6. The first-order valence-corrected chi connectivity index (χ1v) is 9.35. The molecular formula is C20H23BrN2O4. The van der Waals surface area contributed by atoms with Crippen molar-refractivity contribution in [2.75, 3.05) is 32.2 Å². The molecule has 6 nitrogen and oxygen atoms in total. The Morgan fingerprint density at radius 3 is 2.52 bits per heavy atom. The van der Waals surface area contributed by atoms with Gasteiger partial charge in [-0.15, -0.1) is 0 Å². The minimum Gasteiger partial charge on any atom is -0.483 e. The van der Waals surface area contributed by atoms with Gasteiger partial charge in [0.1, 0.15) is 5.75 Å². The number of benzene rings is 2. The molecule has 0 bridgehead atoms.